The smallest absolute Gasteiger partial charge is 0.108 e. The van der Waals surface area contributed by atoms with E-state index in [1.807, 2.05) is 6.92 Å². The van der Waals surface area contributed by atoms with Crippen molar-refractivity contribution in [2.75, 3.05) is 13.1 Å². The van der Waals surface area contributed by atoms with E-state index in [-0.39, 0.29) is 0 Å². The fourth-order valence-corrected chi connectivity index (χ4v) is 2.69. The molecule has 94 valence electrons. The molecule has 0 unspecified atom stereocenters. The topological polar surface area (TPSA) is 16.4 Å². The van der Waals surface area contributed by atoms with Crippen LogP contribution in [0.4, 0.5) is 0 Å². The van der Waals surface area contributed by atoms with E-state index in [9.17, 15) is 0 Å². The van der Waals surface area contributed by atoms with E-state index >= 15 is 0 Å². The number of hydrogen-bond acceptors (Lipinski definition) is 2. The summed E-state index contributed by atoms with van der Waals surface area (Å²) in [5.41, 5.74) is 2.80. The molecule has 2 aromatic rings. The summed E-state index contributed by atoms with van der Waals surface area (Å²) >= 11 is 0. The lowest BCUT2D eigenvalue weighted by Crippen LogP contribution is -2.25. The van der Waals surface area contributed by atoms with Crippen LogP contribution in [0.1, 0.15) is 22.6 Å². The van der Waals surface area contributed by atoms with E-state index < -0.39 is 0 Å². The van der Waals surface area contributed by atoms with Crippen LogP contribution >= 0.6 is 0 Å². The van der Waals surface area contributed by atoms with Crippen molar-refractivity contribution in [2.45, 2.75) is 26.3 Å². The van der Waals surface area contributed by atoms with Gasteiger partial charge in [-0.2, -0.15) is 0 Å². The van der Waals surface area contributed by atoms with Crippen molar-refractivity contribution in [2.24, 2.45) is 0 Å². The molecule has 0 saturated carbocycles. The van der Waals surface area contributed by atoms with Crippen LogP contribution in [0.25, 0.3) is 0 Å². The summed E-state index contributed by atoms with van der Waals surface area (Å²) in [5.74, 6) is 2.25. The minimum atomic E-state index is 1.04. The van der Waals surface area contributed by atoms with Crippen LogP contribution < -0.4 is 0 Å². The Morgan fingerprint density at radius 2 is 1.89 bits per heavy atom. The molecule has 0 bridgehead atoms. The standard InChI is InChI=1S/C16H19NO/c1-13-11-15-7-9-17(10-8-16(15)18-13)12-14-5-3-2-4-6-14/h2-6,11H,7-10,12H2,1H3. The van der Waals surface area contributed by atoms with Crippen molar-refractivity contribution in [3.63, 3.8) is 0 Å². The molecule has 2 heteroatoms. The Morgan fingerprint density at radius 3 is 2.72 bits per heavy atom. The number of benzene rings is 1. The maximum atomic E-state index is 5.76. The van der Waals surface area contributed by atoms with Crippen molar-refractivity contribution in [3.8, 4) is 0 Å². The quantitative estimate of drug-likeness (QED) is 0.803. The minimum absolute atomic E-state index is 1.04. The maximum Gasteiger partial charge on any atom is 0.108 e. The zero-order valence-corrected chi connectivity index (χ0v) is 10.9. The molecule has 1 aliphatic heterocycles. The summed E-state index contributed by atoms with van der Waals surface area (Å²) in [4.78, 5) is 2.51. The highest BCUT2D eigenvalue weighted by Crippen LogP contribution is 2.20. The van der Waals surface area contributed by atoms with Crippen molar-refractivity contribution in [3.05, 3.63) is 59.0 Å². The zero-order valence-electron chi connectivity index (χ0n) is 10.9. The molecule has 0 fully saturated rings. The van der Waals surface area contributed by atoms with E-state index in [1.165, 1.54) is 16.9 Å². The van der Waals surface area contributed by atoms with E-state index in [0.29, 0.717) is 0 Å². The molecular weight excluding hydrogens is 222 g/mol. The van der Waals surface area contributed by atoms with Crippen molar-refractivity contribution >= 4 is 0 Å². The predicted octanol–water partition coefficient (Wildman–Crippen LogP) is 3.19. The Balaban J connectivity index is 1.66. The molecule has 0 radical (unpaired) electrons. The summed E-state index contributed by atoms with van der Waals surface area (Å²) in [6, 6.07) is 12.9. The van der Waals surface area contributed by atoms with Gasteiger partial charge in [0, 0.05) is 26.1 Å². The van der Waals surface area contributed by atoms with E-state index in [0.717, 1.165) is 38.2 Å². The number of furan rings is 1. The molecule has 0 N–H and O–H groups in total. The fourth-order valence-electron chi connectivity index (χ4n) is 2.69. The molecule has 0 atom stereocenters. The van der Waals surface area contributed by atoms with E-state index in [2.05, 4.69) is 41.3 Å². The minimum Gasteiger partial charge on any atom is -0.466 e. The van der Waals surface area contributed by atoms with Gasteiger partial charge in [0.1, 0.15) is 11.5 Å². The number of nitrogens with zero attached hydrogens (tertiary/aromatic N) is 1. The van der Waals surface area contributed by atoms with Crippen LogP contribution in [0.15, 0.2) is 40.8 Å². The predicted molar refractivity (Wildman–Crippen MR) is 72.6 cm³/mol. The molecule has 1 aromatic heterocycles. The molecule has 0 amide bonds. The van der Waals surface area contributed by atoms with Crippen molar-refractivity contribution in [1.82, 2.24) is 4.90 Å². The van der Waals surface area contributed by atoms with Crippen LogP contribution in [0, 0.1) is 6.92 Å². The van der Waals surface area contributed by atoms with Crippen LogP contribution in [-0.2, 0) is 19.4 Å². The first-order valence-electron chi connectivity index (χ1n) is 6.66. The monoisotopic (exact) mass is 241 g/mol. The van der Waals surface area contributed by atoms with Crippen LogP contribution in [0.2, 0.25) is 0 Å². The third-order valence-electron chi connectivity index (χ3n) is 3.62. The van der Waals surface area contributed by atoms with Crippen molar-refractivity contribution < 1.29 is 4.42 Å². The first-order chi connectivity index (χ1) is 8.81. The van der Waals surface area contributed by atoms with Gasteiger partial charge < -0.3 is 4.42 Å². The summed E-state index contributed by atoms with van der Waals surface area (Å²) in [6.07, 6.45) is 2.15. The summed E-state index contributed by atoms with van der Waals surface area (Å²) in [5, 5.41) is 0. The highest BCUT2D eigenvalue weighted by Gasteiger charge is 2.17. The van der Waals surface area contributed by atoms with Crippen LogP contribution in [0.5, 0.6) is 0 Å². The average molecular weight is 241 g/mol. The van der Waals surface area contributed by atoms with Gasteiger partial charge in [0.2, 0.25) is 0 Å². The fraction of sp³-hybridized carbons (Fsp3) is 0.375. The molecule has 1 aliphatic rings. The van der Waals surface area contributed by atoms with Crippen LogP contribution in [-0.4, -0.2) is 18.0 Å². The second-order valence-corrected chi connectivity index (χ2v) is 5.07. The van der Waals surface area contributed by atoms with Gasteiger partial charge in [0.15, 0.2) is 0 Å². The largest absolute Gasteiger partial charge is 0.466 e. The Bertz CT molecular complexity index is 490. The molecular formula is C16H19NO. The Hall–Kier alpha value is -1.54. The van der Waals surface area contributed by atoms with Gasteiger partial charge in [0.05, 0.1) is 0 Å². The van der Waals surface area contributed by atoms with Gasteiger partial charge in [-0.25, -0.2) is 0 Å². The number of hydrogen-bond donors (Lipinski definition) is 0. The van der Waals surface area contributed by atoms with Crippen molar-refractivity contribution in [1.29, 1.82) is 0 Å². The Morgan fingerprint density at radius 1 is 1.11 bits per heavy atom. The molecule has 1 aromatic carbocycles. The first kappa shape index (κ1) is 11.5. The molecule has 2 heterocycles. The lowest BCUT2D eigenvalue weighted by Gasteiger charge is -2.19. The van der Waals surface area contributed by atoms with Gasteiger partial charge in [-0.05, 0) is 30.5 Å². The molecule has 3 rings (SSSR count). The summed E-state index contributed by atoms with van der Waals surface area (Å²) < 4.78 is 5.76. The summed E-state index contributed by atoms with van der Waals surface area (Å²) in [7, 11) is 0. The molecule has 0 spiro atoms. The second kappa shape index (κ2) is 4.99. The Labute approximate surface area is 108 Å². The molecule has 0 aliphatic carbocycles. The number of aryl methyl sites for hydroxylation is 1. The van der Waals surface area contributed by atoms with Gasteiger partial charge >= 0.3 is 0 Å². The van der Waals surface area contributed by atoms with E-state index in [1.54, 1.807) is 0 Å². The SMILES string of the molecule is Cc1cc2c(o1)CCN(Cc1ccccc1)CC2. The van der Waals surface area contributed by atoms with Crippen LogP contribution in [0.3, 0.4) is 0 Å². The summed E-state index contributed by atoms with van der Waals surface area (Å²) in [6.45, 7) is 5.30. The average Bonchev–Trinajstić information content (AvgIpc) is 2.65. The van der Waals surface area contributed by atoms with Gasteiger partial charge in [-0.15, -0.1) is 0 Å². The normalized spacial score (nSPS) is 16.3. The van der Waals surface area contributed by atoms with Gasteiger partial charge in [-0.1, -0.05) is 30.3 Å². The lowest BCUT2D eigenvalue weighted by molar-refractivity contribution is 0.274. The third kappa shape index (κ3) is 2.49. The lowest BCUT2D eigenvalue weighted by atomic mass is 10.1. The highest BCUT2D eigenvalue weighted by molar-refractivity contribution is 5.23. The number of fused-ring (bicyclic) bond motifs is 1. The molecule has 0 saturated heterocycles. The zero-order chi connectivity index (χ0) is 12.4. The first-order valence-corrected chi connectivity index (χ1v) is 6.66. The van der Waals surface area contributed by atoms with Gasteiger partial charge in [-0.3, -0.25) is 4.90 Å². The molecule has 18 heavy (non-hydrogen) atoms. The van der Waals surface area contributed by atoms with Gasteiger partial charge in [0.25, 0.3) is 0 Å². The second-order valence-electron chi connectivity index (χ2n) is 5.07. The number of rotatable bonds is 2. The third-order valence-corrected chi connectivity index (χ3v) is 3.62. The Kier molecular flexibility index (Phi) is 3.20. The highest BCUT2D eigenvalue weighted by atomic mass is 16.3. The molecule has 2 nitrogen and oxygen atoms in total. The maximum absolute atomic E-state index is 5.76. The van der Waals surface area contributed by atoms with E-state index in [4.69, 9.17) is 4.42 Å².